The van der Waals surface area contributed by atoms with Crippen molar-refractivity contribution >= 4 is 34.5 Å². The Morgan fingerprint density at radius 3 is 2.72 bits per heavy atom. The zero-order valence-corrected chi connectivity index (χ0v) is 11.9. The first-order valence-electron chi connectivity index (χ1n) is 5.79. The van der Waals surface area contributed by atoms with E-state index in [1.807, 2.05) is 11.4 Å². The van der Waals surface area contributed by atoms with Gasteiger partial charge in [-0.2, -0.15) is 0 Å². The lowest BCUT2D eigenvalue weighted by atomic mass is 9.78. The molecule has 0 aliphatic heterocycles. The molecule has 2 aromatic rings. The highest BCUT2D eigenvalue weighted by Crippen LogP contribution is 2.41. The standard InChI is InChI=1S/C13H12Cl2N2S/c14-8-2-3-10(15)9(6-8)11-7-18-12(17-11)13(16)4-1-5-13/h2-3,6-7H,1,4-5,16H2. The van der Waals surface area contributed by atoms with Gasteiger partial charge in [-0.15, -0.1) is 11.3 Å². The van der Waals surface area contributed by atoms with E-state index in [9.17, 15) is 0 Å². The van der Waals surface area contributed by atoms with Crippen LogP contribution in [0.25, 0.3) is 11.3 Å². The minimum absolute atomic E-state index is 0.214. The lowest BCUT2D eigenvalue weighted by Crippen LogP contribution is -2.43. The molecule has 3 rings (SSSR count). The third-order valence-electron chi connectivity index (χ3n) is 3.38. The van der Waals surface area contributed by atoms with Crippen LogP contribution in [0.1, 0.15) is 24.3 Å². The molecule has 1 fully saturated rings. The van der Waals surface area contributed by atoms with E-state index in [1.54, 1.807) is 23.5 Å². The first-order valence-corrected chi connectivity index (χ1v) is 7.42. The maximum absolute atomic E-state index is 6.27. The monoisotopic (exact) mass is 298 g/mol. The summed E-state index contributed by atoms with van der Waals surface area (Å²) in [5.74, 6) is 0. The highest BCUT2D eigenvalue weighted by atomic mass is 35.5. The average Bonchev–Trinajstić information content (AvgIpc) is 2.79. The van der Waals surface area contributed by atoms with E-state index in [1.165, 1.54) is 6.42 Å². The van der Waals surface area contributed by atoms with Gasteiger partial charge in [0.25, 0.3) is 0 Å². The van der Waals surface area contributed by atoms with Crippen LogP contribution in [0.15, 0.2) is 23.6 Å². The quantitative estimate of drug-likeness (QED) is 0.889. The second kappa shape index (κ2) is 4.49. The Labute approximate surface area is 120 Å². The smallest absolute Gasteiger partial charge is 0.113 e. The number of benzene rings is 1. The van der Waals surface area contributed by atoms with Crippen LogP contribution in [0, 0.1) is 0 Å². The van der Waals surface area contributed by atoms with Gasteiger partial charge in [-0.3, -0.25) is 0 Å². The van der Waals surface area contributed by atoms with Gasteiger partial charge in [0, 0.05) is 16.0 Å². The molecule has 1 aliphatic rings. The van der Waals surface area contributed by atoms with Crippen LogP contribution in [0.3, 0.4) is 0 Å². The fourth-order valence-electron chi connectivity index (χ4n) is 2.09. The summed E-state index contributed by atoms with van der Waals surface area (Å²) in [4.78, 5) is 4.63. The Morgan fingerprint density at radius 1 is 1.28 bits per heavy atom. The highest BCUT2D eigenvalue weighted by molar-refractivity contribution is 7.10. The third kappa shape index (κ3) is 2.05. The van der Waals surface area contributed by atoms with E-state index in [2.05, 4.69) is 4.98 Å². The summed E-state index contributed by atoms with van der Waals surface area (Å²) >= 11 is 13.8. The molecular weight excluding hydrogens is 287 g/mol. The lowest BCUT2D eigenvalue weighted by molar-refractivity contribution is 0.253. The minimum Gasteiger partial charge on any atom is -0.319 e. The molecule has 0 amide bonds. The first-order chi connectivity index (χ1) is 8.58. The van der Waals surface area contributed by atoms with Crippen molar-refractivity contribution in [2.24, 2.45) is 5.73 Å². The van der Waals surface area contributed by atoms with Crippen molar-refractivity contribution in [2.45, 2.75) is 24.8 Å². The minimum atomic E-state index is -0.214. The number of nitrogens with zero attached hydrogens (tertiary/aromatic N) is 1. The number of aromatic nitrogens is 1. The number of rotatable bonds is 2. The van der Waals surface area contributed by atoms with Crippen LogP contribution < -0.4 is 5.73 Å². The molecule has 5 heteroatoms. The fraction of sp³-hybridized carbons (Fsp3) is 0.308. The first kappa shape index (κ1) is 12.4. The predicted octanol–water partition coefficient (Wildman–Crippen LogP) is 4.45. The summed E-state index contributed by atoms with van der Waals surface area (Å²) < 4.78 is 0. The van der Waals surface area contributed by atoms with Crippen molar-refractivity contribution in [3.63, 3.8) is 0 Å². The van der Waals surface area contributed by atoms with Crippen LogP contribution in [0.5, 0.6) is 0 Å². The van der Waals surface area contributed by atoms with E-state index >= 15 is 0 Å². The topological polar surface area (TPSA) is 38.9 Å². The van der Waals surface area contributed by atoms with Gasteiger partial charge in [0.2, 0.25) is 0 Å². The van der Waals surface area contributed by atoms with Crippen molar-refractivity contribution in [3.8, 4) is 11.3 Å². The number of thiazole rings is 1. The second-order valence-electron chi connectivity index (χ2n) is 4.67. The molecule has 0 saturated heterocycles. The van der Waals surface area contributed by atoms with Gasteiger partial charge >= 0.3 is 0 Å². The van der Waals surface area contributed by atoms with Crippen LogP contribution in [0.4, 0.5) is 0 Å². The summed E-state index contributed by atoms with van der Waals surface area (Å²) in [6.45, 7) is 0. The Hall–Kier alpha value is -0.610. The SMILES string of the molecule is NC1(c2nc(-c3cc(Cl)ccc3Cl)cs2)CCC1. The molecule has 0 unspecified atom stereocenters. The maximum atomic E-state index is 6.27. The lowest BCUT2D eigenvalue weighted by Gasteiger charge is -2.35. The molecule has 0 spiro atoms. The van der Waals surface area contributed by atoms with Gasteiger partial charge < -0.3 is 5.73 Å². The predicted molar refractivity (Wildman–Crippen MR) is 77.3 cm³/mol. The molecule has 0 radical (unpaired) electrons. The Morgan fingerprint density at radius 2 is 2.06 bits per heavy atom. The van der Waals surface area contributed by atoms with Gasteiger partial charge in [0.1, 0.15) is 5.01 Å². The van der Waals surface area contributed by atoms with Gasteiger partial charge in [-0.25, -0.2) is 4.98 Å². The van der Waals surface area contributed by atoms with Crippen molar-refractivity contribution in [2.75, 3.05) is 0 Å². The molecule has 2 N–H and O–H groups in total. The van der Waals surface area contributed by atoms with Crippen molar-refractivity contribution in [3.05, 3.63) is 38.6 Å². The van der Waals surface area contributed by atoms with Crippen LogP contribution in [-0.4, -0.2) is 4.98 Å². The Balaban J connectivity index is 2.00. The maximum Gasteiger partial charge on any atom is 0.113 e. The third-order valence-corrected chi connectivity index (χ3v) is 5.01. The number of nitrogens with two attached hydrogens (primary N) is 1. The molecule has 18 heavy (non-hydrogen) atoms. The van der Waals surface area contributed by atoms with Crippen molar-refractivity contribution in [1.82, 2.24) is 4.98 Å². The molecule has 1 aliphatic carbocycles. The second-order valence-corrected chi connectivity index (χ2v) is 6.37. The average molecular weight is 299 g/mol. The largest absolute Gasteiger partial charge is 0.319 e. The number of halogens is 2. The molecular formula is C13H12Cl2N2S. The van der Waals surface area contributed by atoms with E-state index in [4.69, 9.17) is 28.9 Å². The Kier molecular flexibility index (Phi) is 3.10. The molecule has 0 atom stereocenters. The number of hydrogen-bond acceptors (Lipinski definition) is 3. The molecule has 0 bridgehead atoms. The van der Waals surface area contributed by atoms with Gasteiger partial charge in [-0.1, -0.05) is 23.2 Å². The molecule has 1 aromatic carbocycles. The highest BCUT2D eigenvalue weighted by Gasteiger charge is 2.37. The van der Waals surface area contributed by atoms with Crippen LogP contribution in [0.2, 0.25) is 10.0 Å². The molecule has 1 saturated carbocycles. The molecule has 1 heterocycles. The van der Waals surface area contributed by atoms with Crippen LogP contribution >= 0.6 is 34.5 Å². The summed E-state index contributed by atoms with van der Waals surface area (Å²) in [5.41, 5.74) is 7.79. The van der Waals surface area contributed by atoms with Gasteiger partial charge in [-0.05, 0) is 37.5 Å². The molecule has 94 valence electrons. The summed E-state index contributed by atoms with van der Waals surface area (Å²) in [7, 11) is 0. The van der Waals surface area contributed by atoms with Crippen LogP contribution in [-0.2, 0) is 5.54 Å². The zero-order valence-electron chi connectivity index (χ0n) is 9.62. The van der Waals surface area contributed by atoms with E-state index < -0.39 is 0 Å². The number of hydrogen-bond donors (Lipinski definition) is 1. The zero-order chi connectivity index (χ0) is 12.8. The summed E-state index contributed by atoms with van der Waals surface area (Å²) in [6, 6.07) is 5.41. The molecule has 1 aromatic heterocycles. The van der Waals surface area contributed by atoms with E-state index in [0.717, 1.165) is 29.1 Å². The Bertz CT molecular complexity index is 590. The summed E-state index contributed by atoms with van der Waals surface area (Å²) in [5, 5.41) is 4.32. The molecule has 2 nitrogen and oxygen atoms in total. The van der Waals surface area contributed by atoms with E-state index in [0.29, 0.717) is 10.0 Å². The summed E-state index contributed by atoms with van der Waals surface area (Å²) in [6.07, 6.45) is 3.22. The van der Waals surface area contributed by atoms with E-state index in [-0.39, 0.29) is 5.54 Å². The van der Waals surface area contributed by atoms with Crippen molar-refractivity contribution < 1.29 is 0 Å². The fourth-order valence-corrected chi connectivity index (χ4v) is 3.47. The normalized spacial score (nSPS) is 17.5. The van der Waals surface area contributed by atoms with Gasteiger partial charge in [0.15, 0.2) is 0 Å². The van der Waals surface area contributed by atoms with Crippen molar-refractivity contribution in [1.29, 1.82) is 0 Å². The van der Waals surface area contributed by atoms with Gasteiger partial charge in [0.05, 0.1) is 16.3 Å².